The molecule has 1 N–H and O–H groups in total. The van der Waals surface area contributed by atoms with Gasteiger partial charge in [0.15, 0.2) is 0 Å². The molecule has 0 spiro atoms. The first-order chi connectivity index (χ1) is 10.3. The molecule has 0 aliphatic rings. The van der Waals surface area contributed by atoms with Gasteiger partial charge < -0.3 is 5.32 Å². The number of anilines is 1. The zero-order chi connectivity index (χ0) is 14.7. The Morgan fingerprint density at radius 3 is 3.14 bits per heavy atom. The summed E-state index contributed by atoms with van der Waals surface area (Å²) in [6.07, 6.45) is 4.05. The smallest absolute Gasteiger partial charge is 0.234 e. The van der Waals surface area contributed by atoms with Crippen molar-refractivity contribution in [2.45, 2.75) is 26.2 Å². The minimum atomic E-state index is 0.0483. The molecule has 0 fully saturated rings. The van der Waals surface area contributed by atoms with E-state index in [0.29, 0.717) is 6.42 Å². The van der Waals surface area contributed by atoms with Gasteiger partial charge >= 0.3 is 0 Å². The number of amides is 1. The van der Waals surface area contributed by atoms with Crippen molar-refractivity contribution in [3.63, 3.8) is 0 Å². The van der Waals surface area contributed by atoms with E-state index in [1.54, 1.807) is 10.8 Å². The highest BCUT2D eigenvalue weighted by atomic mass is 32.1. The molecule has 2 aromatic heterocycles. The molecule has 0 bridgehead atoms. The molecule has 0 aliphatic carbocycles. The standard InChI is InChI=1S/C14H15N5OS/c1-2-3-7-12(20)16-11-6-4-5-10(8-11)13-18-19-9-15-17-14(19)21-13/h4-6,8-9H,2-3,7H2,1H3,(H,16,20). The van der Waals surface area contributed by atoms with Gasteiger partial charge in [-0.25, -0.2) is 0 Å². The SMILES string of the molecule is CCCCC(=O)Nc1cccc(-c2nn3cnnc3s2)c1. The van der Waals surface area contributed by atoms with Gasteiger partial charge in [0.2, 0.25) is 10.9 Å². The Kier molecular flexibility index (Phi) is 3.92. The number of hydrogen-bond acceptors (Lipinski definition) is 5. The van der Waals surface area contributed by atoms with Crippen LogP contribution in [-0.4, -0.2) is 25.7 Å². The Labute approximate surface area is 125 Å². The topological polar surface area (TPSA) is 72.2 Å². The van der Waals surface area contributed by atoms with Gasteiger partial charge in [0, 0.05) is 17.7 Å². The summed E-state index contributed by atoms with van der Waals surface area (Å²) < 4.78 is 1.65. The van der Waals surface area contributed by atoms with Gasteiger partial charge in [0.25, 0.3) is 0 Å². The quantitative estimate of drug-likeness (QED) is 0.786. The number of nitrogens with zero attached hydrogens (tertiary/aromatic N) is 4. The predicted octanol–water partition coefficient (Wildman–Crippen LogP) is 2.98. The first-order valence-corrected chi connectivity index (χ1v) is 7.65. The van der Waals surface area contributed by atoms with Crippen LogP contribution < -0.4 is 5.32 Å². The molecule has 0 aliphatic heterocycles. The van der Waals surface area contributed by atoms with Gasteiger partial charge in [0.1, 0.15) is 11.3 Å². The Hall–Kier alpha value is -2.28. The lowest BCUT2D eigenvalue weighted by molar-refractivity contribution is -0.116. The van der Waals surface area contributed by atoms with Crippen molar-refractivity contribution in [3.8, 4) is 10.6 Å². The van der Waals surface area contributed by atoms with Gasteiger partial charge in [-0.2, -0.15) is 9.61 Å². The van der Waals surface area contributed by atoms with Crippen LogP contribution in [-0.2, 0) is 4.79 Å². The van der Waals surface area contributed by atoms with Crippen LogP contribution in [0.25, 0.3) is 15.5 Å². The van der Waals surface area contributed by atoms with E-state index < -0.39 is 0 Å². The first-order valence-electron chi connectivity index (χ1n) is 6.83. The Morgan fingerprint density at radius 2 is 2.33 bits per heavy atom. The summed E-state index contributed by atoms with van der Waals surface area (Å²) in [6.45, 7) is 2.07. The van der Waals surface area contributed by atoms with E-state index in [4.69, 9.17) is 0 Å². The highest BCUT2D eigenvalue weighted by Crippen LogP contribution is 2.26. The van der Waals surface area contributed by atoms with Crippen molar-refractivity contribution in [3.05, 3.63) is 30.6 Å². The van der Waals surface area contributed by atoms with Crippen molar-refractivity contribution < 1.29 is 4.79 Å². The average molecular weight is 301 g/mol. The molecular formula is C14H15N5OS. The lowest BCUT2D eigenvalue weighted by Crippen LogP contribution is -2.10. The lowest BCUT2D eigenvalue weighted by Gasteiger charge is -2.05. The lowest BCUT2D eigenvalue weighted by atomic mass is 10.2. The van der Waals surface area contributed by atoms with Crippen molar-refractivity contribution >= 4 is 27.9 Å². The van der Waals surface area contributed by atoms with Crippen molar-refractivity contribution in [1.29, 1.82) is 0 Å². The normalized spacial score (nSPS) is 10.9. The van der Waals surface area contributed by atoms with Crippen LogP contribution in [0.15, 0.2) is 30.6 Å². The van der Waals surface area contributed by atoms with Crippen LogP contribution >= 0.6 is 11.3 Å². The number of aromatic nitrogens is 4. The number of hydrogen-bond donors (Lipinski definition) is 1. The maximum Gasteiger partial charge on any atom is 0.234 e. The number of nitrogens with one attached hydrogen (secondary N) is 1. The van der Waals surface area contributed by atoms with Crippen LogP contribution in [0.2, 0.25) is 0 Å². The highest BCUT2D eigenvalue weighted by molar-refractivity contribution is 7.19. The summed E-state index contributed by atoms with van der Waals surface area (Å²) in [5.41, 5.74) is 1.75. The van der Waals surface area contributed by atoms with Gasteiger partial charge in [-0.3, -0.25) is 4.79 Å². The number of carbonyl (C=O) groups excluding carboxylic acids is 1. The monoisotopic (exact) mass is 301 g/mol. The van der Waals surface area contributed by atoms with E-state index in [1.807, 2.05) is 24.3 Å². The van der Waals surface area contributed by atoms with E-state index >= 15 is 0 Å². The molecule has 7 heteroatoms. The average Bonchev–Trinajstić information content (AvgIpc) is 3.06. The molecule has 0 saturated heterocycles. The van der Waals surface area contributed by atoms with E-state index in [1.165, 1.54) is 11.3 Å². The van der Waals surface area contributed by atoms with Crippen molar-refractivity contribution in [2.75, 3.05) is 5.32 Å². The predicted molar refractivity (Wildman–Crippen MR) is 82.2 cm³/mol. The van der Waals surface area contributed by atoms with Crippen molar-refractivity contribution in [1.82, 2.24) is 19.8 Å². The maximum absolute atomic E-state index is 11.8. The van der Waals surface area contributed by atoms with Gasteiger partial charge in [-0.05, 0) is 18.6 Å². The summed E-state index contributed by atoms with van der Waals surface area (Å²) >= 11 is 1.46. The summed E-state index contributed by atoms with van der Waals surface area (Å²) in [6, 6.07) is 7.68. The number of rotatable bonds is 5. The molecule has 0 atom stereocenters. The zero-order valence-electron chi connectivity index (χ0n) is 11.6. The largest absolute Gasteiger partial charge is 0.326 e. The number of benzene rings is 1. The van der Waals surface area contributed by atoms with Crippen LogP contribution in [0.1, 0.15) is 26.2 Å². The third kappa shape index (κ3) is 3.08. The zero-order valence-corrected chi connectivity index (χ0v) is 12.4. The number of carbonyl (C=O) groups is 1. The molecule has 1 aromatic carbocycles. The summed E-state index contributed by atoms with van der Waals surface area (Å²) in [5.74, 6) is 0.0483. The number of unbranched alkanes of at least 4 members (excludes halogenated alkanes) is 1. The third-order valence-electron chi connectivity index (χ3n) is 3.04. The fourth-order valence-electron chi connectivity index (χ4n) is 1.97. The van der Waals surface area contributed by atoms with Crippen molar-refractivity contribution in [2.24, 2.45) is 0 Å². The van der Waals surface area contributed by atoms with E-state index in [0.717, 1.165) is 34.1 Å². The molecule has 2 heterocycles. The van der Waals surface area contributed by atoms with Gasteiger partial charge in [0.05, 0.1) is 0 Å². The number of fused-ring (bicyclic) bond motifs is 1. The second-order valence-electron chi connectivity index (χ2n) is 4.70. The molecule has 3 rings (SSSR count). The molecule has 108 valence electrons. The first kappa shape index (κ1) is 13.7. The second kappa shape index (κ2) is 6.01. The fraction of sp³-hybridized carbons (Fsp3) is 0.286. The molecular weight excluding hydrogens is 286 g/mol. The van der Waals surface area contributed by atoms with Crippen LogP contribution in [0.4, 0.5) is 5.69 Å². The van der Waals surface area contributed by atoms with E-state index in [2.05, 4.69) is 27.5 Å². The maximum atomic E-state index is 11.8. The van der Waals surface area contributed by atoms with Gasteiger partial charge in [-0.15, -0.1) is 10.2 Å². The fourth-order valence-corrected chi connectivity index (χ4v) is 2.78. The Morgan fingerprint density at radius 1 is 1.43 bits per heavy atom. The molecule has 6 nitrogen and oxygen atoms in total. The molecule has 3 aromatic rings. The second-order valence-corrected chi connectivity index (χ2v) is 5.65. The minimum absolute atomic E-state index is 0.0483. The molecule has 1 amide bonds. The Balaban J connectivity index is 1.79. The summed E-state index contributed by atoms with van der Waals surface area (Å²) in [4.78, 5) is 12.5. The minimum Gasteiger partial charge on any atom is -0.326 e. The Bertz CT molecular complexity index is 735. The molecule has 0 radical (unpaired) electrons. The summed E-state index contributed by atoms with van der Waals surface area (Å²) in [5, 5.41) is 15.9. The van der Waals surface area contributed by atoms with Crippen LogP contribution in [0, 0.1) is 0 Å². The van der Waals surface area contributed by atoms with Crippen LogP contribution in [0.3, 0.4) is 0 Å². The molecule has 21 heavy (non-hydrogen) atoms. The molecule has 0 unspecified atom stereocenters. The molecule has 0 saturated carbocycles. The van der Waals surface area contributed by atoms with Crippen LogP contribution in [0.5, 0.6) is 0 Å². The van der Waals surface area contributed by atoms with E-state index in [-0.39, 0.29) is 5.91 Å². The van der Waals surface area contributed by atoms with Gasteiger partial charge in [-0.1, -0.05) is 36.8 Å². The third-order valence-corrected chi connectivity index (χ3v) is 4.00. The summed E-state index contributed by atoms with van der Waals surface area (Å²) in [7, 11) is 0. The highest BCUT2D eigenvalue weighted by Gasteiger charge is 2.09. The van der Waals surface area contributed by atoms with E-state index in [9.17, 15) is 4.79 Å².